The van der Waals surface area contributed by atoms with E-state index in [9.17, 15) is 27.6 Å². The van der Waals surface area contributed by atoms with E-state index in [4.69, 9.17) is 16.9 Å². The summed E-state index contributed by atoms with van der Waals surface area (Å²) in [5, 5.41) is 12.4. The highest BCUT2D eigenvalue weighted by molar-refractivity contribution is 7.88. The molecule has 0 bridgehead atoms. The van der Waals surface area contributed by atoms with Crippen LogP contribution < -0.4 is 16.6 Å². The SMILES string of the molecule is CC(C)n1c(=O)n(CC2CC2)c(=O)c2cc(NC(=O)C3CC(CC(=O)c4ccc(C#N)c(Cl)c4)CN(S(C)(=O)=O)C3)ccc21. The zero-order chi connectivity index (χ0) is 31.9. The van der Waals surface area contributed by atoms with E-state index in [1.807, 2.05) is 19.9 Å². The number of rotatable bonds is 9. The number of hydrogen-bond donors (Lipinski definition) is 1. The quantitative estimate of drug-likeness (QED) is 0.350. The van der Waals surface area contributed by atoms with Crippen LogP contribution in [0.2, 0.25) is 5.02 Å². The Bertz CT molecular complexity index is 1920. The number of nitrogens with zero attached hydrogens (tertiary/aromatic N) is 4. The summed E-state index contributed by atoms with van der Waals surface area (Å²) < 4.78 is 29.1. The van der Waals surface area contributed by atoms with Gasteiger partial charge < -0.3 is 5.32 Å². The molecule has 3 aromatic rings. The van der Waals surface area contributed by atoms with E-state index in [1.54, 1.807) is 22.8 Å². The molecule has 232 valence electrons. The lowest BCUT2D eigenvalue weighted by Gasteiger charge is -2.35. The van der Waals surface area contributed by atoms with Crippen LogP contribution in [0.5, 0.6) is 0 Å². The molecule has 44 heavy (non-hydrogen) atoms. The normalized spacial score (nSPS) is 19.2. The molecule has 1 saturated carbocycles. The Labute approximate surface area is 260 Å². The van der Waals surface area contributed by atoms with Crippen molar-refractivity contribution in [2.24, 2.45) is 17.8 Å². The highest BCUT2D eigenvalue weighted by Gasteiger charge is 2.36. The van der Waals surface area contributed by atoms with Crippen molar-refractivity contribution >= 4 is 49.9 Å². The van der Waals surface area contributed by atoms with Gasteiger partial charge in [0.25, 0.3) is 5.56 Å². The van der Waals surface area contributed by atoms with Gasteiger partial charge in [-0.15, -0.1) is 0 Å². The van der Waals surface area contributed by atoms with E-state index in [0.717, 1.165) is 19.1 Å². The maximum atomic E-state index is 13.5. The minimum atomic E-state index is -3.67. The van der Waals surface area contributed by atoms with E-state index >= 15 is 0 Å². The molecule has 1 amide bonds. The summed E-state index contributed by atoms with van der Waals surface area (Å²) in [6, 6.07) is 11.0. The summed E-state index contributed by atoms with van der Waals surface area (Å²) in [5.74, 6) is -1.61. The summed E-state index contributed by atoms with van der Waals surface area (Å²) >= 11 is 6.10. The molecule has 2 aromatic carbocycles. The minimum absolute atomic E-state index is 0.0126. The molecule has 5 rings (SSSR count). The highest BCUT2D eigenvalue weighted by atomic mass is 35.5. The molecular weight excluding hydrogens is 606 g/mol. The molecular formula is C31H34ClN5O6S. The average Bonchev–Trinajstić information content (AvgIpc) is 3.79. The van der Waals surface area contributed by atoms with Gasteiger partial charge in [0.1, 0.15) is 6.07 Å². The van der Waals surface area contributed by atoms with Gasteiger partial charge in [-0.1, -0.05) is 11.6 Å². The molecule has 2 fully saturated rings. The number of halogens is 1. The van der Waals surface area contributed by atoms with Crippen LogP contribution in [-0.4, -0.2) is 52.9 Å². The number of ketones is 1. The van der Waals surface area contributed by atoms with Crippen LogP contribution in [-0.2, 0) is 21.4 Å². The number of aromatic nitrogens is 2. The molecule has 1 aromatic heterocycles. The van der Waals surface area contributed by atoms with Gasteiger partial charge in [0.2, 0.25) is 15.9 Å². The van der Waals surface area contributed by atoms with Crippen molar-refractivity contribution in [3.05, 3.63) is 73.4 Å². The Hall–Kier alpha value is -3.79. The van der Waals surface area contributed by atoms with Crippen molar-refractivity contribution in [1.29, 1.82) is 5.26 Å². The molecule has 1 saturated heterocycles. The maximum Gasteiger partial charge on any atom is 0.331 e. The third kappa shape index (κ3) is 6.65. The number of hydrogen-bond acceptors (Lipinski definition) is 7. The molecule has 0 radical (unpaired) electrons. The van der Waals surface area contributed by atoms with Gasteiger partial charge in [-0.2, -0.15) is 5.26 Å². The van der Waals surface area contributed by atoms with Crippen LogP contribution in [0.15, 0.2) is 46.0 Å². The van der Waals surface area contributed by atoms with Crippen LogP contribution in [0.1, 0.15) is 61.5 Å². The van der Waals surface area contributed by atoms with Gasteiger partial charge in [0, 0.05) is 43.3 Å². The number of carbonyl (C=O) groups is 2. The number of benzene rings is 2. The fraction of sp³-hybridized carbons (Fsp3) is 0.452. The number of carbonyl (C=O) groups excluding carboxylic acids is 2. The largest absolute Gasteiger partial charge is 0.331 e. The van der Waals surface area contributed by atoms with Gasteiger partial charge in [-0.05, 0) is 81.3 Å². The first-order valence-corrected chi connectivity index (χ1v) is 16.8. The van der Waals surface area contributed by atoms with Gasteiger partial charge in [0.15, 0.2) is 5.78 Å². The molecule has 1 N–H and O–H groups in total. The summed E-state index contributed by atoms with van der Waals surface area (Å²) in [7, 11) is -3.67. The van der Waals surface area contributed by atoms with Crippen molar-refractivity contribution in [2.45, 2.75) is 52.1 Å². The highest BCUT2D eigenvalue weighted by Crippen LogP contribution is 2.31. The van der Waals surface area contributed by atoms with Crippen LogP contribution in [0, 0.1) is 29.1 Å². The summed E-state index contributed by atoms with van der Waals surface area (Å²) in [6.45, 7) is 4.13. The van der Waals surface area contributed by atoms with E-state index in [1.165, 1.54) is 27.1 Å². The Morgan fingerprint density at radius 2 is 1.82 bits per heavy atom. The lowest BCUT2D eigenvalue weighted by atomic mass is 9.85. The van der Waals surface area contributed by atoms with Crippen LogP contribution in [0.4, 0.5) is 5.69 Å². The smallest absolute Gasteiger partial charge is 0.326 e. The number of amides is 1. The van der Waals surface area contributed by atoms with Crippen molar-refractivity contribution in [3.8, 4) is 6.07 Å². The first-order valence-electron chi connectivity index (χ1n) is 14.5. The average molecular weight is 640 g/mol. The molecule has 2 unspecified atom stereocenters. The van der Waals surface area contributed by atoms with E-state index in [-0.39, 0.29) is 54.0 Å². The van der Waals surface area contributed by atoms with Gasteiger partial charge >= 0.3 is 5.69 Å². The van der Waals surface area contributed by atoms with E-state index < -0.39 is 33.3 Å². The second kappa shape index (κ2) is 12.3. The molecule has 2 atom stereocenters. The van der Waals surface area contributed by atoms with Gasteiger partial charge in [0.05, 0.1) is 33.7 Å². The number of nitrogens with one attached hydrogen (secondary N) is 1. The van der Waals surface area contributed by atoms with Crippen LogP contribution in [0.3, 0.4) is 0 Å². The molecule has 2 heterocycles. The first-order chi connectivity index (χ1) is 20.8. The number of sulfonamides is 1. The number of fused-ring (bicyclic) bond motifs is 1. The van der Waals surface area contributed by atoms with Crippen molar-refractivity contribution in [1.82, 2.24) is 13.4 Å². The zero-order valence-corrected chi connectivity index (χ0v) is 26.3. The molecule has 2 aliphatic rings. The number of piperidine rings is 1. The molecule has 11 nitrogen and oxygen atoms in total. The Kier molecular flexibility index (Phi) is 8.84. The topological polar surface area (TPSA) is 151 Å². The first kappa shape index (κ1) is 31.6. The third-order valence-electron chi connectivity index (χ3n) is 8.32. The van der Waals surface area contributed by atoms with E-state index in [0.29, 0.717) is 34.6 Å². The summed E-state index contributed by atoms with van der Waals surface area (Å²) in [4.78, 5) is 53.2. The van der Waals surface area contributed by atoms with Crippen molar-refractivity contribution in [2.75, 3.05) is 24.7 Å². The Morgan fingerprint density at radius 1 is 1.09 bits per heavy atom. The maximum absolute atomic E-state index is 13.5. The molecule has 0 spiro atoms. The standard InChI is InChI=1S/C31H34ClN5O6S/c1-18(2)37-27-9-8-24(13-25(27)30(40)36(31(37)41)16-19-4-5-19)34-29(39)23-10-20(15-35(17-23)44(3,42)43)11-28(38)21-6-7-22(14-33)26(32)12-21/h6-9,12-13,18-20,23H,4-5,10-11,15-17H2,1-3H3,(H,34,39). The van der Waals surface area contributed by atoms with Crippen LogP contribution in [0.25, 0.3) is 10.9 Å². The lowest BCUT2D eigenvalue weighted by Crippen LogP contribution is -2.47. The second-order valence-electron chi connectivity index (χ2n) is 12.1. The number of nitriles is 1. The van der Waals surface area contributed by atoms with Crippen molar-refractivity contribution in [3.63, 3.8) is 0 Å². The number of Topliss-reactive ketones (excluding diaryl/α,β-unsaturated/α-hetero) is 1. The fourth-order valence-electron chi connectivity index (χ4n) is 5.85. The zero-order valence-electron chi connectivity index (χ0n) is 24.7. The van der Waals surface area contributed by atoms with Crippen molar-refractivity contribution < 1.29 is 18.0 Å². The molecule has 13 heteroatoms. The molecule has 1 aliphatic carbocycles. The minimum Gasteiger partial charge on any atom is -0.326 e. The summed E-state index contributed by atoms with van der Waals surface area (Å²) in [6.07, 6.45) is 3.27. The predicted molar refractivity (Wildman–Crippen MR) is 167 cm³/mol. The Morgan fingerprint density at radius 3 is 2.43 bits per heavy atom. The Balaban J connectivity index is 1.39. The second-order valence-corrected chi connectivity index (χ2v) is 14.5. The lowest BCUT2D eigenvalue weighted by molar-refractivity contribution is -0.121. The monoisotopic (exact) mass is 639 g/mol. The van der Waals surface area contributed by atoms with Crippen LogP contribution >= 0.6 is 11.6 Å². The molecule has 1 aliphatic heterocycles. The third-order valence-corrected chi connectivity index (χ3v) is 9.87. The summed E-state index contributed by atoms with van der Waals surface area (Å²) in [5.41, 5.74) is 0.601. The van der Waals surface area contributed by atoms with Gasteiger partial charge in [-0.3, -0.25) is 23.5 Å². The van der Waals surface area contributed by atoms with Gasteiger partial charge in [-0.25, -0.2) is 17.5 Å². The predicted octanol–water partition coefficient (Wildman–Crippen LogP) is 3.79. The number of anilines is 1. The van der Waals surface area contributed by atoms with E-state index in [2.05, 4.69) is 5.32 Å². The fourth-order valence-corrected chi connectivity index (χ4v) is 7.01.